The minimum atomic E-state index is -0.517. The molecule has 0 radical (unpaired) electrons. The van der Waals surface area contributed by atoms with E-state index in [0.717, 1.165) is 50.1 Å². The monoisotopic (exact) mass is 803 g/mol. The second-order valence-electron chi connectivity index (χ2n) is 16.3. The van der Waals surface area contributed by atoms with Crippen molar-refractivity contribution in [3.05, 3.63) is 271 Å². The number of anilines is 3. The minimum Gasteiger partial charge on any atom is -0.456 e. The number of nitrogens with zero attached hydrogens (tertiary/aromatic N) is 1. The maximum absolute atomic E-state index is 6.31. The van der Waals surface area contributed by atoms with Gasteiger partial charge in [-0.15, -0.1) is 0 Å². The fourth-order valence-corrected chi connectivity index (χ4v) is 10.3. The Kier molecular flexibility index (Phi) is 8.76. The molecule has 0 atom stereocenters. The second kappa shape index (κ2) is 15.1. The summed E-state index contributed by atoms with van der Waals surface area (Å²) in [5.74, 6) is 0. The molecule has 0 fully saturated rings. The highest BCUT2D eigenvalue weighted by molar-refractivity contribution is 6.12. The van der Waals surface area contributed by atoms with E-state index in [1.165, 1.54) is 55.6 Å². The summed E-state index contributed by atoms with van der Waals surface area (Å²) < 4.78 is 6.31. The van der Waals surface area contributed by atoms with E-state index >= 15 is 0 Å². The highest BCUT2D eigenvalue weighted by Gasteiger charge is 2.47. The topological polar surface area (TPSA) is 16.4 Å². The third-order valence-electron chi connectivity index (χ3n) is 13.0. The summed E-state index contributed by atoms with van der Waals surface area (Å²) in [5, 5.41) is 2.27. The van der Waals surface area contributed by atoms with E-state index in [9.17, 15) is 0 Å². The number of hydrogen-bond donors (Lipinski definition) is 0. The van der Waals surface area contributed by atoms with Crippen molar-refractivity contribution in [1.82, 2.24) is 0 Å². The van der Waals surface area contributed by atoms with Crippen LogP contribution >= 0.6 is 0 Å². The maximum Gasteiger partial charge on any atom is 0.136 e. The Balaban J connectivity index is 1.07. The zero-order valence-corrected chi connectivity index (χ0v) is 34.5. The second-order valence-corrected chi connectivity index (χ2v) is 16.3. The molecule has 0 saturated carbocycles. The van der Waals surface area contributed by atoms with Crippen molar-refractivity contribution in [2.45, 2.75) is 5.41 Å². The molecule has 1 heterocycles. The van der Waals surface area contributed by atoms with Crippen LogP contribution < -0.4 is 4.90 Å². The fourth-order valence-electron chi connectivity index (χ4n) is 10.3. The van der Waals surface area contributed by atoms with Crippen LogP contribution in [0.25, 0.3) is 66.4 Å². The van der Waals surface area contributed by atoms with Crippen LogP contribution in [0.5, 0.6) is 0 Å². The van der Waals surface area contributed by atoms with Gasteiger partial charge < -0.3 is 9.32 Å². The predicted octanol–water partition coefficient (Wildman–Crippen LogP) is 16.4. The Morgan fingerprint density at radius 2 is 0.778 bits per heavy atom. The Morgan fingerprint density at radius 1 is 0.317 bits per heavy atom. The Labute approximate surface area is 367 Å². The maximum atomic E-state index is 6.31. The fraction of sp³-hybridized carbons (Fsp3) is 0.0164. The first-order chi connectivity index (χ1) is 31.3. The summed E-state index contributed by atoms with van der Waals surface area (Å²) in [5.41, 5.74) is 19.2. The molecule has 0 spiro atoms. The van der Waals surface area contributed by atoms with Crippen LogP contribution in [0.15, 0.2) is 253 Å². The molecular weight excluding hydrogens is 763 g/mol. The van der Waals surface area contributed by atoms with Crippen molar-refractivity contribution < 1.29 is 4.42 Å². The van der Waals surface area contributed by atoms with Gasteiger partial charge in [0.1, 0.15) is 11.2 Å². The van der Waals surface area contributed by atoms with Gasteiger partial charge in [-0.3, -0.25) is 0 Å². The zero-order valence-electron chi connectivity index (χ0n) is 34.5. The average Bonchev–Trinajstić information content (AvgIpc) is 3.90. The number of para-hydroxylation sites is 1. The van der Waals surface area contributed by atoms with Gasteiger partial charge in [0, 0.05) is 27.7 Å². The van der Waals surface area contributed by atoms with Gasteiger partial charge in [-0.25, -0.2) is 0 Å². The molecule has 1 aliphatic carbocycles. The van der Waals surface area contributed by atoms with Crippen molar-refractivity contribution in [2.75, 3.05) is 4.90 Å². The van der Waals surface area contributed by atoms with E-state index in [4.69, 9.17) is 4.42 Å². The molecule has 10 aromatic carbocycles. The third kappa shape index (κ3) is 5.87. The molecule has 1 aromatic heterocycles. The van der Waals surface area contributed by atoms with E-state index in [-0.39, 0.29) is 0 Å². The lowest BCUT2D eigenvalue weighted by Crippen LogP contribution is -2.28. The van der Waals surface area contributed by atoms with Crippen molar-refractivity contribution in [1.29, 1.82) is 0 Å². The van der Waals surface area contributed by atoms with Crippen LogP contribution in [0, 0.1) is 0 Å². The van der Waals surface area contributed by atoms with E-state index in [1.807, 2.05) is 12.1 Å². The third-order valence-corrected chi connectivity index (χ3v) is 13.0. The lowest BCUT2D eigenvalue weighted by atomic mass is 9.68. The number of hydrogen-bond acceptors (Lipinski definition) is 2. The van der Waals surface area contributed by atoms with E-state index < -0.39 is 5.41 Å². The Bertz CT molecular complexity index is 3380. The molecule has 1 aliphatic rings. The number of rotatable bonds is 8. The first-order valence-corrected chi connectivity index (χ1v) is 21.7. The van der Waals surface area contributed by atoms with Gasteiger partial charge in [-0.2, -0.15) is 0 Å². The van der Waals surface area contributed by atoms with Gasteiger partial charge in [0.15, 0.2) is 0 Å². The van der Waals surface area contributed by atoms with Crippen molar-refractivity contribution in [2.24, 2.45) is 0 Å². The molecule has 0 aliphatic heterocycles. The first kappa shape index (κ1) is 36.6. The summed E-state index contributed by atoms with van der Waals surface area (Å²) in [6, 6.07) is 90.2. The molecule has 2 nitrogen and oxygen atoms in total. The molecule has 11 aromatic rings. The molecule has 2 heteroatoms. The van der Waals surface area contributed by atoms with E-state index in [0.29, 0.717) is 0 Å². The van der Waals surface area contributed by atoms with Crippen LogP contribution in [-0.4, -0.2) is 0 Å². The largest absolute Gasteiger partial charge is 0.456 e. The summed E-state index contributed by atoms with van der Waals surface area (Å²) in [7, 11) is 0. The van der Waals surface area contributed by atoms with Gasteiger partial charge in [-0.05, 0) is 104 Å². The van der Waals surface area contributed by atoms with E-state index in [2.05, 4.69) is 241 Å². The molecule has 0 amide bonds. The Morgan fingerprint density at radius 3 is 1.43 bits per heavy atom. The standard InChI is InChI=1S/C61H41NO/c1-4-18-42(19-5-1)49-24-10-11-25-50(49)43-34-38-47(39-35-43)62(48-40-36-44(37-41-48)51-28-16-33-58-59(51)53-27-13-15-32-57(53)63-58)56-31-17-30-55-60(56)52-26-12-14-29-54(52)61(55,45-20-6-2-7-21-45)46-22-8-3-9-23-46/h1-41H. The normalized spacial score (nSPS) is 12.6. The average molecular weight is 804 g/mol. The van der Waals surface area contributed by atoms with Crippen LogP contribution in [0.4, 0.5) is 17.1 Å². The molecular formula is C61H41NO. The molecule has 63 heavy (non-hydrogen) atoms. The molecule has 0 bridgehead atoms. The summed E-state index contributed by atoms with van der Waals surface area (Å²) in [6.45, 7) is 0. The predicted molar refractivity (Wildman–Crippen MR) is 262 cm³/mol. The highest BCUT2D eigenvalue weighted by Crippen LogP contribution is 2.59. The van der Waals surface area contributed by atoms with Crippen molar-refractivity contribution >= 4 is 39.0 Å². The van der Waals surface area contributed by atoms with Crippen LogP contribution in [0.2, 0.25) is 0 Å². The molecule has 12 rings (SSSR count). The summed E-state index contributed by atoms with van der Waals surface area (Å²) in [6.07, 6.45) is 0. The molecule has 296 valence electrons. The molecule has 0 unspecified atom stereocenters. The number of benzene rings is 10. The van der Waals surface area contributed by atoms with Crippen LogP contribution in [0.1, 0.15) is 22.3 Å². The Hall–Kier alpha value is -8.20. The van der Waals surface area contributed by atoms with Gasteiger partial charge in [0.05, 0.1) is 11.1 Å². The number of fused-ring (bicyclic) bond motifs is 6. The van der Waals surface area contributed by atoms with Gasteiger partial charge >= 0.3 is 0 Å². The van der Waals surface area contributed by atoms with Gasteiger partial charge in [-0.1, -0.05) is 206 Å². The van der Waals surface area contributed by atoms with Crippen molar-refractivity contribution in [3.8, 4) is 44.5 Å². The van der Waals surface area contributed by atoms with E-state index in [1.54, 1.807) is 0 Å². The molecule has 0 saturated heterocycles. The summed E-state index contributed by atoms with van der Waals surface area (Å²) in [4.78, 5) is 2.45. The van der Waals surface area contributed by atoms with Gasteiger partial charge in [0.2, 0.25) is 0 Å². The lowest BCUT2D eigenvalue weighted by molar-refractivity contribution is 0.669. The van der Waals surface area contributed by atoms with Crippen LogP contribution in [0.3, 0.4) is 0 Å². The zero-order chi connectivity index (χ0) is 41.7. The van der Waals surface area contributed by atoms with Gasteiger partial charge in [0.25, 0.3) is 0 Å². The summed E-state index contributed by atoms with van der Waals surface area (Å²) >= 11 is 0. The SMILES string of the molecule is c1ccc(-c2ccccc2-c2ccc(N(c3ccc(-c4cccc5oc6ccccc6c45)cc3)c3cccc4c3-c3ccccc3C4(c3ccccc3)c3ccccc3)cc2)cc1. The minimum absolute atomic E-state index is 0.517. The van der Waals surface area contributed by atoms with Crippen LogP contribution in [-0.2, 0) is 5.41 Å². The smallest absolute Gasteiger partial charge is 0.136 e. The van der Waals surface area contributed by atoms with Crippen molar-refractivity contribution in [3.63, 3.8) is 0 Å². The lowest BCUT2D eigenvalue weighted by Gasteiger charge is -2.34. The quantitative estimate of drug-likeness (QED) is 0.152. The molecule has 0 N–H and O–H groups in total. The number of furan rings is 1. The highest BCUT2D eigenvalue weighted by atomic mass is 16.3. The first-order valence-electron chi connectivity index (χ1n) is 21.7.